The first-order valence-electron chi connectivity index (χ1n) is 7.16. The summed E-state index contributed by atoms with van der Waals surface area (Å²) in [6.07, 6.45) is 0.963. The molecule has 0 spiro atoms. The van der Waals surface area contributed by atoms with Crippen molar-refractivity contribution in [3.8, 4) is 0 Å². The number of halogens is 1. The summed E-state index contributed by atoms with van der Waals surface area (Å²) < 4.78 is 4.87. The Morgan fingerprint density at radius 3 is 2.57 bits per heavy atom. The third kappa shape index (κ3) is 5.76. The number of ether oxygens (including phenoxy) is 1. The van der Waals surface area contributed by atoms with E-state index < -0.39 is 0 Å². The van der Waals surface area contributed by atoms with E-state index in [9.17, 15) is 9.59 Å². The van der Waals surface area contributed by atoms with Crippen molar-refractivity contribution in [1.29, 1.82) is 0 Å². The molecule has 116 valence electrons. The minimum atomic E-state index is -0.369. The first-order valence-corrected chi connectivity index (χ1v) is 7.54. The molecule has 0 saturated carbocycles. The molecule has 0 aliphatic carbocycles. The van der Waals surface area contributed by atoms with Crippen LogP contribution in [0.4, 0.5) is 0 Å². The third-order valence-electron chi connectivity index (χ3n) is 3.22. The van der Waals surface area contributed by atoms with E-state index in [1.807, 2.05) is 32.0 Å². The number of esters is 1. The highest BCUT2D eigenvalue weighted by atomic mass is 35.5. The number of carbonyl (C=O) groups is 2. The molecular formula is C16H22ClNO3. The Labute approximate surface area is 131 Å². The fourth-order valence-corrected chi connectivity index (χ4v) is 2.14. The van der Waals surface area contributed by atoms with Crippen molar-refractivity contribution in [2.75, 3.05) is 19.7 Å². The third-order valence-corrected chi connectivity index (χ3v) is 3.63. The van der Waals surface area contributed by atoms with Crippen LogP contribution in [-0.2, 0) is 20.7 Å². The van der Waals surface area contributed by atoms with Crippen molar-refractivity contribution in [3.05, 3.63) is 34.3 Å². The van der Waals surface area contributed by atoms with Gasteiger partial charge in [-0.15, -0.1) is 0 Å². The predicted octanol–water partition coefficient (Wildman–Crippen LogP) is 2.99. The molecule has 1 aromatic carbocycles. The zero-order valence-electron chi connectivity index (χ0n) is 12.8. The molecule has 0 aromatic heterocycles. The Kier molecular flexibility index (Phi) is 7.23. The van der Waals surface area contributed by atoms with Crippen LogP contribution in [0.25, 0.3) is 0 Å². The Bertz CT molecular complexity index is 502. The number of aryl methyl sites for hydroxylation is 2. The van der Waals surface area contributed by atoms with E-state index in [1.165, 1.54) is 4.90 Å². The van der Waals surface area contributed by atoms with E-state index in [2.05, 4.69) is 0 Å². The van der Waals surface area contributed by atoms with Crippen LogP contribution in [-0.4, -0.2) is 36.5 Å². The Hall–Kier alpha value is -1.55. The first-order chi connectivity index (χ1) is 9.97. The average Bonchev–Trinajstić information content (AvgIpc) is 2.46. The van der Waals surface area contributed by atoms with E-state index in [-0.39, 0.29) is 18.4 Å². The first kappa shape index (κ1) is 17.5. The molecule has 0 bridgehead atoms. The molecule has 0 radical (unpaired) electrons. The van der Waals surface area contributed by atoms with Gasteiger partial charge in [0.1, 0.15) is 6.54 Å². The van der Waals surface area contributed by atoms with Crippen molar-refractivity contribution < 1.29 is 14.3 Å². The maximum Gasteiger partial charge on any atom is 0.325 e. The number of rotatable bonds is 7. The van der Waals surface area contributed by atoms with Gasteiger partial charge >= 0.3 is 5.97 Å². The Morgan fingerprint density at radius 2 is 2.00 bits per heavy atom. The summed E-state index contributed by atoms with van der Waals surface area (Å²) in [4.78, 5) is 25.1. The SMILES string of the molecule is CCOC(=O)CN(CC)C(=O)CCc1ccc(C)c(Cl)c1. The second kappa shape index (κ2) is 8.67. The predicted molar refractivity (Wildman–Crippen MR) is 83.4 cm³/mol. The van der Waals surface area contributed by atoms with Gasteiger partial charge in [0.15, 0.2) is 0 Å². The van der Waals surface area contributed by atoms with Crippen LogP contribution in [0.15, 0.2) is 18.2 Å². The van der Waals surface area contributed by atoms with E-state index in [0.717, 1.165) is 11.1 Å². The molecule has 1 rings (SSSR count). The summed E-state index contributed by atoms with van der Waals surface area (Å²) in [5.41, 5.74) is 2.04. The lowest BCUT2D eigenvalue weighted by Gasteiger charge is -2.19. The minimum Gasteiger partial charge on any atom is -0.465 e. The molecule has 1 aromatic rings. The molecule has 0 aliphatic rings. The number of nitrogens with zero attached hydrogens (tertiary/aromatic N) is 1. The fraction of sp³-hybridized carbons (Fsp3) is 0.500. The smallest absolute Gasteiger partial charge is 0.325 e. The highest BCUT2D eigenvalue weighted by molar-refractivity contribution is 6.31. The minimum absolute atomic E-state index is 0.0117. The van der Waals surface area contributed by atoms with E-state index >= 15 is 0 Å². The lowest BCUT2D eigenvalue weighted by Crippen LogP contribution is -2.36. The van der Waals surface area contributed by atoms with Crippen LogP contribution < -0.4 is 0 Å². The largest absolute Gasteiger partial charge is 0.465 e. The molecule has 21 heavy (non-hydrogen) atoms. The highest BCUT2D eigenvalue weighted by Crippen LogP contribution is 2.17. The normalized spacial score (nSPS) is 10.3. The summed E-state index contributed by atoms with van der Waals surface area (Å²) in [6, 6.07) is 5.79. The van der Waals surface area contributed by atoms with Crippen molar-refractivity contribution in [2.24, 2.45) is 0 Å². The maximum atomic E-state index is 12.1. The van der Waals surface area contributed by atoms with Crippen molar-refractivity contribution >= 4 is 23.5 Å². The molecule has 0 heterocycles. The van der Waals surface area contributed by atoms with E-state index in [4.69, 9.17) is 16.3 Å². The fourth-order valence-electron chi connectivity index (χ4n) is 1.94. The number of hydrogen-bond acceptors (Lipinski definition) is 3. The van der Waals surface area contributed by atoms with Gasteiger partial charge in [-0.25, -0.2) is 0 Å². The van der Waals surface area contributed by atoms with Crippen LogP contribution in [0.1, 0.15) is 31.4 Å². The summed E-state index contributed by atoms with van der Waals surface area (Å²) in [7, 11) is 0. The molecule has 0 fully saturated rings. The van der Waals surface area contributed by atoms with Gasteiger partial charge < -0.3 is 9.64 Å². The maximum absolute atomic E-state index is 12.1. The van der Waals surface area contributed by atoms with Crippen LogP contribution >= 0.6 is 11.6 Å². The van der Waals surface area contributed by atoms with Gasteiger partial charge in [-0.05, 0) is 44.4 Å². The van der Waals surface area contributed by atoms with Gasteiger partial charge in [0, 0.05) is 18.0 Å². The lowest BCUT2D eigenvalue weighted by molar-refractivity contribution is -0.148. The quantitative estimate of drug-likeness (QED) is 0.727. The van der Waals surface area contributed by atoms with Gasteiger partial charge in [-0.3, -0.25) is 9.59 Å². The van der Waals surface area contributed by atoms with Gasteiger partial charge in [0.2, 0.25) is 5.91 Å². The zero-order valence-corrected chi connectivity index (χ0v) is 13.6. The molecular weight excluding hydrogens is 290 g/mol. The summed E-state index contributed by atoms with van der Waals surface area (Å²) >= 11 is 6.07. The van der Waals surface area contributed by atoms with Crippen LogP contribution in [0.2, 0.25) is 5.02 Å². The van der Waals surface area contributed by atoms with Crippen molar-refractivity contribution in [2.45, 2.75) is 33.6 Å². The second-order valence-electron chi connectivity index (χ2n) is 4.80. The molecule has 0 atom stereocenters. The topological polar surface area (TPSA) is 46.6 Å². The van der Waals surface area contributed by atoms with Gasteiger partial charge in [-0.1, -0.05) is 23.7 Å². The number of likely N-dealkylation sites (N-methyl/N-ethyl adjacent to an activating group) is 1. The van der Waals surface area contributed by atoms with Gasteiger partial charge in [-0.2, -0.15) is 0 Å². The molecule has 5 heteroatoms. The number of benzene rings is 1. The standard InChI is InChI=1S/C16H22ClNO3/c1-4-18(11-16(20)21-5-2)15(19)9-8-13-7-6-12(3)14(17)10-13/h6-7,10H,4-5,8-9,11H2,1-3H3. The molecule has 4 nitrogen and oxygen atoms in total. The van der Waals surface area contributed by atoms with Crippen molar-refractivity contribution in [3.63, 3.8) is 0 Å². The number of hydrogen-bond donors (Lipinski definition) is 0. The highest BCUT2D eigenvalue weighted by Gasteiger charge is 2.16. The molecule has 0 unspecified atom stereocenters. The van der Waals surface area contributed by atoms with Gasteiger partial charge in [0.25, 0.3) is 0 Å². The lowest BCUT2D eigenvalue weighted by atomic mass is 10.1. The zero-order chi connectivity index (χ0) is 15.8. The van der Waals surface area contributed by atoms with Crippen LogP contribution in [0, 0.1) is 6.92 Å². The summed E-state index contributed by atoms with van der Waals surface area (Å²) in [5.74, 6) is -0.423. The van der Waals surface area contributed by atoms with E-state index in [1.54, 1.807) is 6.92 Å². The van der Waals surface area contributed by atoms with E-state index in [0.29, 0.717) is 31.0 Å². The molecule has 0 saturated heterocycles. The van der Waals surface area contributed by atoms with Crippen LogP contribution in [0.3, 0.4) is 0 Å². The number of amides is 1. The molecule has 0 N–H and O–H groups in total. The second-order valence-corrected chi connectivity index (χ2v) is 5.20. The Morgan fingerprint density at radius 1 is 1.29 bits per heavy atom. The molecule has 1 amide bonds. The summed E-state index contributed by atoms with van der Waals surface area (Å²) in [6.45, 7) is 6.36. The summed E-state index contributed by atoms with van der Waals surface area (Å²) in [5, 5.41) is 0.707. The van der Waals surface area contributed by atoms with Crippen molar-refractivity contribution in [1.82, 2.24) is 4.90 Å². The van der Waals surface area contributed by atoms with Crippen LogP contribution in [0.5, 0.6) is 0 Å². The van der Waals surface area contributed by atoms with Gasteiger partial charge in [0.05, 0.1) is 6.61 Å². The molecule has 0 aliphatic heterocycles. The Balaban J connectivity index is 2.54. The number of carbonyl (C=O) groups excluding carboxylic acids is 2. The average molecular weight is 312 g/mol. The monoisotopic (exact) mass is 311 g/mol.